The Labute approximate surface area is 108 Å². The van der Waals surface area contributed by atoms with E-state index >= 15 is 0 Å². The maximum atomic E-state index is 11.8. The highest BCUT2D eigenvalue weighted by Crippen LogP contribution is 2.38. The third kappa shape index (κ3) is 1.81. The summed E-state index contributed by atoms with van der Waals surface area (Å²) in [5.41, 5.74) is 1.29. The van der Waals surface area contributed by atoms with Crippen molar-refractivity contribution in [3.8, 4) is 11.7 Å². The summed E-state index contributed by atoms with van der Waals surface area (Å²) in [6, 6.07) is 0. The van der Waals surface area contributed by atoms with Gasteiger partial charge in [-0.25, -0.2) is 4.98 Å². The molecule has 0 unspecified atom stereocenters. The van der Waals surface area contributed by atoms with Gasteiger partial charge in [0.15, 0.2) is 11.6 Å². The molecule has 0 atom stereocenters. The lowest BCUT2D eigenvalue weighted by Gasteiger charge is -1.95. The standard InChI is InChI=1S/C12H13N5O2/c18-11-8-7(2-1-5-13-11)14-10(15-8)12-16-9(17-19-12)6-3-4-6/h6H,1-5H2,(H,13,18)(H,14,15). The Hall–Kier alpha value is -2.18. The van der Waals surface area contributed by atoms with Crippen LogP contribution in [0.4, 0.5) is 0 Å². The van der Waals surface area contributed by atoms with Gasteiger partial charge in [-0.1, -0.05) is 5.16 Å². The van der Waals surface area contributed by atoms with E-state index in [1.807, 2.05) is 0 Å². The fourth-order valence-electron chi connectivity index (χ4n) is 2.27. The van der Waals surface area contributed by atoms with Gasteiger partial charge in [0, 0.05) is 18.2 Å². The van der Waals surface area contributed by atoms with E-state index in [2.05, 4.69) is 25.4 Å². The SMILES string of the molecule is O=C1NCCCc2[nH]c(-c3nc(C4CC4)no3)nc21. The van der Waals surface area contributed by atoms with Crippen molar-refractivity contribution < 1.29 is 9.32 Å². The first-order valence-electron chi connectivity index (χ1n) is 6.52. The van der Waals surface area contributed by atoms with E-state index in [0.717, 1.165) is 37.2 Å². The van der Waals surface area contributed by atoms with Crippen LogP contribution in [-0.2, 0) is 6.42 Å². The number of aromatic nitrogens is 4. The molecule has 1 aliphatic heterocycles. The lowest BCUT2D eigenvalue weighted by atomic mass is 10.2. The second-order valence-corrected chi connectivity index (χ2v) is 5.00. The zero-order valence-electron chi connectivity index (χ0n) is 10.3. The van der Waals surface area contributed by atoms with Crippen LogP contribution in [0.2, 0.25) is 0 Å². The van der Waals surface area contributed by atoms with E-state index in [1.165, 1.54) is 0 Å². The number of nitrogens with zero attached hydrogens (tertiary/aromatic N) is 3. The van der Waals surface area contributed by atoms with E-state index < -0.39 is 0 Å². The number of imidazole rings is 1. The number of carbonyl (C=O) groups excluding carboxylic acids is 1. The Bertz CT molecular complexity index is 640. The molecule has 2 aromatic rings. The van der Waals surface area contributed by atoms with Crippen molar-refractivity contribution in [3.63, 3.8) is 0 Å². The molecule has 2 N–H and O–H groups in total. The number of hydrogen-bond donors (Lipinski definition) is 2. The summed E-state index contributed by atoms with van der Waals surface area (Å²) in [7, 11) is 0. The highest BCUT2D eigenvalue weighted by molar-refractivity contribution is 5.94. The Balaban J connectivity index is 1.71. The molecule has 0 spiro atoms. The molecule has 4 rings (SSSR count). The lowest BCUT2D eigenvalue weighted by molar-refractivity contribution is 0.0951. The minimum atomic E-state index is -0.142. The van der Waals surface area contributed by atoms with E-state index in [0.29, 0.717) is 29.9 Å². The molecule has 0 bridgehead atoms. The summed E-state index contributed by atoms with van der Waals surface area (Å²) in [6.07, 6.45) is 3.94. The second kappa shape index (κ2) is 3.91. The van der Waals surface area contributed by atoms with Crippen LogP contribution in [0.25, 0.3) is 11.7 Å². The van der Waals surface area contributed by atoms with Crippen molar-refractivity contribution in [1.29, 1.82) is 0 Å². The molecule has 1 aliphatic carbocycles. The topological polar surface area (TPSA) is 96.7 Å². The van der Waals surface area contributed by atoms with Crippen molar-refractivity contribution in [2.45, 2.75) is 31.6 Å². The van der Waals surface area contributed by atoms with Gasteiger partial charge in [0.05, 0.1) is 0 Å². The summed E-state index contributed by atoms with van der Waals surface area (Å²) in [6.45, 7) is 0.685. The number of amides is 1. The van der Waals surface area contributed by atoms with Crippen molar-refractivity contribution in [3.05, 3.63) is 17.2 Å². The van der Waals surface area contributed by atoms with Crippen LogP contribution in [-0.4, -0.2) is 32.6 Å². The van der Waals surface area contributed by atoms with Crippen molar-refractivity contribution in [1.82, 2.24) is 25.4 Å². The third-order valence-corrected chi connectivity index (χ3v) is 3.47. The minimum Gasteiger partial charge on any atom is -0.351 e. The molecular formula is C12H13N5O2. The highest BCUT2D eigenvalue weighted by atomic mass is 16.5. The van der Waals surface area contributed by atoms with E-state index in [4.69, 9.17) is 4.52 Å². The Kier molecular flexibility index (Phi) is 2.20. The van der Waals surface area contributed by atoms with Crippen LogP contribution < -0.4 is 5.32 Å². The summed E-state index contributed by atoms with van der Waals surface area (Å²) in [4.78, 5) is 23.6. The molecule has 1 amide bonds. The Morgan fingerprint density at radius 2 is 2.16 bits per heavy atom. The van der Waals surface area contributed by atoms with Crippen LogP contribution in [0.15, 0.2) is 4.52 Å². The van der Waals surface area contributed by atoms with Gasteiger partial charge >= 0.3 is 0 Å². The number of fused-ring (bicyclic) bond motifs is 1. The zero-order chi connectivity index (χ0) is 12.8. The lowest BCUT2D eigenvalue weighted by Crippen LogP contribution is -2.23. The molecule has 0 radical (unpaired) electrons. The molecular weight excluding hydrogens is 246 g/mol. The number of aromatic amines is 1. The number of hydrogen-bond acceptors (Lipinski definition) is 5. The van der Waals surface area contributed by atoms with E-state index in [9.17, 15) is 4.79 Å². The van der Waals surface area contributed by atoms with Gasteiger partial charge in [-0.3, -0.25) is 4.79 Å². The molecule has 19 heavy (non-hydrogen) atoms. The molecule has 98 valence electrons. The van der Waals surface area contributed by atoms with Gasteiger partial charge in [-0.05, 0) is 25.7 Å². The highest BCUT2D eigenvalue weighted by Gasteiger charge is 2.30. The monoisotopic (exact) mass is 259 g/mol. The van der Waals surface area contributed by atoms with Crippen molar-refractivity contribution in [2.75, 3.05) is 6.54 Å². The van der Waals surface area contributed by atoms with Gasteiger partial charge in [-0.15, -0.1) is 0 Å². The summed E-state index contributed by atoms with van der Waals surface area (Å²) < 4.78 is 5.21. The first-order chi connectivity index (χ1) is 9.31. The predicted molar refractivity (Wildman–Crippen MR) is 64.5 cm³/mol. The average molecular weight is 259 g/mol. The number of aryl methyl sites for hydroxylation is 1. The summed E-state index contributed by atoms with van der Waals surface area (Å²) >= 11 is 0. The first kappa shape index (κ1) is 10.7. The van der Waals surface area contributed by atoms with Crippen molar-refractivity contribution >= 4 is 5.91 Å². The molecule has 0 aromatic carbocycles. The number of H-pyrrole nitrogens is 1. The van der Waals surface area contributed by atoms with Gasteiger partial charge in [0.25, 0.3) is 11.8 Å². The van der Waals surface area contributed by atoms with Crippen molar-refractivity contribution in [2.24, 2.45) is 0 Å². The second-order valence-electron chi connectivity index (χ2n) is 5.00. The number of carbonyl (C=O) groups is 1. The Morgan fingerprint density at radius 1 is 1.26 bits per heavy atom. The number of nitrogens with one attached hydrogen (secondary N) is 2. The van der Waals surface area contributed by atoms with Crippen LogP contribution >= 0.6 is 0 Å². The molecule has 7 nitrogen and oxygen atoms in total. The Morgan fingerprint density at radius 3 is 3.00 bits per heavy atom. The zero-order valence-corrected chi connectivity index (χ0v) is 10.3. The third-order valence-electron chi connectivity index (χ3n) is 3.47. The van der Waals surface area contributed by atoms with Gasteiger partial charge in [0.2, 0.25) is 0 Å². The molecule has 1 saturated carbocycles. The summed E-state index contributed by atoms with van der Waals surface area (Å²) in [5.74, 6) is 1.89. The van der Waals surface area contributed by atoms with E-state index in [-0.39, 0.29) is 5.91 Å². The first-order valence-corrected chi connectivity index (χ1v) is 6.52. The smallest absolute Gasteiger partial charge is 0.293 e. The van der Waals surface area contributed by atoms with Crippen LogP contribution in [0.5, 0.6) is 0 Å². The van der Waals surface area contributed by atoms with Gasteiger partial charge in [-0.2, -0.15) is 4.98 Å². The molecule has 7 heteroatoms. The van der Waals surface area contributed by atoms with Crippen LogP contribution in [0.1, 0.15) is 47.2 Å². The fourth-order valence-corrected chi connectivity index (χ4v) is 2.27. The fraction of sp³-hybridized carbons (Fsp3) is 0.500. The maximum absolute atomic E-state index is 11.8. The molecule has 1 fully saturated rings. The minimum absolute atomic E-state index is 0.142. The predicted octanol–water partition coefficient (Wildman–Crippen LogP) is 1.01. The molecule has 2 aliphatic rings. The van der Waals surface area contributed by atoms with E-state index in [1.54, 1.807) is 0 Å². The summed E-state index contributed by atoms with van der Waals surface area (Å²) in [5, 5.41) is 6.76. The van der Waals surface area contributed by atoms with Gasteiger partial charge < -0.3 is 14.8 Å². The van der Waals surface area contributed by atoms with Crippen LogP contribution in [0, 0.1) is 0 Å². The normalized spacial score (nSPS) is 18.8. The average Bonchev–Trinajstić information content (AvgIpc) is 3.03. The molecule has 3 heterocycles. The van der Waals surface area contributed by atoms with Crippen LogP contribution in [0.3, 0.4) is 0 Å². The largest absolute Gasteiger partial charge is 0.351 e. The van der Waals surface area contributed by atoms with Gasteiger partial charge in [0.1, 0.15) is 5.69 Å². The molecule has 0 saturated heterocycles. The molecule has 2 aromatic heterocycles. The number of rotatable bonds is 2. The maximum Gasteiger partial charge on any atom is 0.293 e. The quantitative estimate of drug-likeness (QED) is 0.839.